The fraction of sp³-hybridized carbons (Fsp3) is 1.00. The van der Waals surface area contributed by atoms with Crippen molar-refractivity contribution >= 4 is 12.4 Å². The first-order valence-corrected chi connectivity index (χ1v) is 3.53. The average Bonchev–Trinajstić information content (AvgIpc) is 2.08. The molecule has 1 unspecified atom stereocenters. The summed E-state index contributed by atoms with van der Waals surface area (Å²) in [7, 11) is 0. The van der Waals surface area contributed by atoms with E-state index in [2.05, 4.69) is 4.74 Å². The van der Waals surface area contributed by atoms with E-state index in [1.807, 2.05) is 0 Å². The molecule has 1 aliphatic rings. The Kier molecular flexibility index (Phi) is 4.33. The minimum absolute atomic E-state index is 0. The highest BCUT2D eigenvalue weighted by atomic mass is 35.5. The summed E-state index contributed by atoms with van der Waals surface area (Å²) < 4.78 is 11.7. The molecule has 13 heavy (non-hydrogen) atoms. The first-order valence-electron chi connectivity index (χ1n) is 4.03. The number of hydrogen-bond donors (Lipinski definition) is 5. The SMILES string of the molecule is Cl.[2H]C1(O)O[C@H](CO)[C@@H](O)[C@H](O)[C@H]1N. The van der Waals surface area contributed by atoms with Gasteiger partial charge in [-0.25, -0.2) is 0 Å². The summed E-state index contributed by atoms with van der Waals surface area (Å²) in [6, 6.07) is -1.43. The van der Waals surface area contributed by atoms with Crippen LogP contribution >= 0.6 is 12.4 Å². The van der Waals surface area contributed by atoms with Crippen LogP contribution in [0.2, 0.25) is 0 Å². The van der Waals surface area contributed by atoms with Crippen LogP contribution in [0, 0.1) is 0 Å². The second kappa shape index (κ2) is 5.06. The van der Waals surface area contributed by atoms with Gasteiger partial charge in [0.25, 0.3) is 0 Å². The van der Waals surface area contributed by atoms with Crippen molar-refractivity contribution in [2.75, 3.05) is 6.61 Å². The minimum atomic E-state index is -2.48. The molecule has 1 fully saturated rings. The van der Waals surface area contributed by atoms with E-state index < -0.39 is 37.2 Å². The third kappa shape index (κ3) is 2.50. The number of rotatable bonds is 1. The van der Waals surface area contributed by atoms with Gasteiger partial charge in [0, 0.05) is 0 Å². The van der Waals surface area contributed by atoms with Gasteiger partial charge in [-0.2, -0.15) is 0 Å². The molecule has 6 nitrogen and oxygen atoms in total. The summed E-state index contributed by atoms with van der Waals surface area (Å²) in [5.74, 6) is 0. The van der Waals surface area contributed by atoms with Crippen molar-refractivity contribution in [1.82, 2.24) is 0 Å². The number of hydrogen-bond acceptors (Lipinski definition) is 6. The molecule has 0 bridgehead atoms. The lowest BCUT2D eigenvalue weighted by Crippen LogP contribution is -2.61. The molecule has 0 aromatic carbocycles. The molecule has 0 spiro atoms. The molecule has 1 rings (SSSR count). The topological polar surface area (TPSA) is 116 Å². The van der Waals surface area contributed by atoms with Gasteiger partial charge < -0.3 is 30.9 Å². The van der Waals surface area contributed by atoms with Gasteiger partial charge in [0.15, 0.2) is 6.27 Å². The molecule has 80 valence electrons. The lowest BCUT2D eigenvalue weighted by atomic mass is 9.98. The highest BCUT2D eigenvalue weighted by Crippen LogP contribution is 2.17. The highest BCUT2D eigenvalue weighted by Gasteiger charge is 2.41. The number of ether oxygens (including phenoxy) is 1. The van der Waals surface area contributed by atoms with Crippen LogP contribution in [0.4, 0.5) is 0 Å². The van der Waals surface area contributed by atoms with E-state index in [0.717, 1.165) is 0 Å². The molecule has 0 radical (unpaired) electrons. The summed E-state index contributed by atoms with van der Waals surface area (Å²) in [5.41, 5.74) is 5.21. The van der Waals surface area contributed by atoms with Crippen molar-refractivity contribution in [1.29, 1.82) is 0 Å². The van der Waals surface area contributed by atoms with Crippen LogP contribution < -0.4 is 5.73 Å². The normalized spacial score (nSPS) is 52.2. The fourth-order valence-electron chi connectivity index (χ4n) is 1.03. The standard InChI is InChI=1S/C6H13NO5.ClH/c7-3-5(10)4(9)2(1-8)12-6(3)11;/h2-6,8-11H,1,7H2;1H/t2-,3-,4-,5-,6?;/m1./s1/i6D;. The lowest BCUT2D eigenvalue weighted by molar-refractivity contribution is -0.248. The van der Waals surface area contributed by atoms with E-state index in [1.54, 1.807) is 0 Å². The molecule has 0 saturated carbocycles. The van der Waals surface area contributed by atoms with Crippen molar-refractivity contribution in [3.8, 4) is 0 Å². The zero-order valence-corrected chi connectivity index (χ0v) is 7.52. The van der Waals surface area contributed by atoms with Crippen LogP contribution in [0.15, 0.2) is 0 Å². The van der Waals surface area contributed by atoms with Crippen LogP contribution in [0.5, 0.6) is 0 Å². The molecule has 0 aromatic heterocycles. The Morgan fingerprint density at radius 2 is 1.85 bits per heavy atom. The van der Waals surface area contributed by atoms with E-state index >= 15 is 0 Å². The van der Waals surface area contributed by atoms with E-state index in [9.17, 15) is 10.2 Å². The van der Waals surface area contributed by atoms with Crippen LogP contribution in [0.25, 0.3) is 0 Å². The van der Waals surface area contributed by atoms with Gasteiger partial charge >= 0.3 is 0 Å². The van der Waals surface area contributed by atoms with Crippen molar-refractivity contribution < 1.29 is 26.5 Å². The first-order chi connectivity index (χ1) is 5.90. The maximum atomic E-state index is 9.24. The van der Waals surface area contributed by atoms with Crippen LogP contribution in [-0.2, 0) is 4.74 Å². The lowest BCUT2D eigenvalue weighted by Gasteiger charge is -2.38. The molecule has 5 atom stereocenters. The van der Waals surface area contributed by atoms with Gasteiger partial charge in [-0.1, -0.05) is 0 Å². The van der Waals surface area contributed by atoms with Gasteiger partial charge in [0.05, 0.1) is 14.0 Å². The second-order valence-electron chi connectivity index (χ2n) is 2.68. The smallest absolute Gasteiger partial charge is 0.173 e. The van der Waals surface area contributed by atoms with E-state index in [1.165, 1.54) is 0 Å². The van der Waals surface area contributed by atoms with Crippen LogP contribution in [0.3, 0.4) is 0 Å². The average molecular weight is 217 g/mol. The summed E-state index contributed by atoms with van der Waals surface area (Å²) in [6.07, 6.45) is -6.57. The number of aliphatic hydroxyl groups is 4. The van der Waals surface area contributed by atoms with Gasteiger partial charge in [0.2, 0.25) is 0 Å². The Labute approximate surface area is 82.7 Å². The zero-order chi connectivity index (χ0) is 10.2. The monoisotopic (exact) mass is 216 g/mol. The second-order valence-corrected chi connectivity index (χ2v) is 2.68. The summed E-state index contributed by atoms with van der Waals surface area (Å²) in [4.78, 5) is 0. The van der Waals surface area contributed by atoms with E-state index in [-0.39, 0.29) is 12.4 Å². The van der Waals surface area contributed by atoms with Crippen molar-refractivity contribution in [2.24, 2.45) is 5.73 Å². The van der Waals surface area contributed by atoms with Gasteiger partial charge in [-0.15, -0.1) is 12.4 Å². The molecule has 1 aliphatic heterocycles. The number of aliphatic hydroxyl groups excluding tert-OH is 3. The Morgan fingerprint density at radius 1 is 1.31 bits per heavy atom. The molecule has 1 saturated heterocycles. The summed E-state index contributed by atoms with van der Waals surface area (Å²) in [6.45, 7) is -0.605. The minimum Gasteiger partial charge on any atom is -0.394 e. The molecular formula is C6H14ClNO5. The Balaban J connectivity index is 0.00000169. The zero-order valence-electron chi connectivity index (χ0n) is 7.70. The largest absolute Gasteiger partial charge is 0.394 e. The predicted molar refractivity (Wildman–Crippen MR) is 45.2 cm³/mol. The van der Waals surface area contributed by atoms with E-state index in [0.29, 0.717) is 0 Å². The molecule has 0 aromatic rings. The van der Waals surface area contributed by atoms with E-state index in [4.69, 9.17) is 17.3 Å². The van der Waals surface area contributed by atoms with Crippen LogP contribution in [-0.4, -0.2) is 57.7 Å². The number of nitrogens with two attached hydrogens (primary N) is 1. The molecule has 1 heterocycles. The summed E-state index contributed by atoms with van der Waals surface area (Å²) in [5, 5.41) is 36.3. The Morgan fingerprint density at radius 3 is 2.31 bits per heavy atom. The fourth-order valence-corrected chi connectivity index (χ4v) is 1.03. The Bertz CT molecular complexity index is 193. The third-order valence-electron chi connectivity index (χ3n) is 1.84. The van der Waals surface area contributed by atoms with Gasteiger partial charge in [-0.05, 0) is 0 Å². The molecule has 6 N–H and O–H groups in total. The quantitative estimate of drug-likeness (QED) is 0.323. The van der Waals surface area contributed by atoms with Crippen molar-refractivity contribution in [3.05, 3.63) is 0 Å². The van der Waals surface area contributed by atoms with Crippen molar-refractivity contribution in [2.45, 2.75) is 30.6 Å². The van der Waals surface area contributed by atoms with Crippen molar-refractivity contribution in [3.63, 3.8) is 0 Å². The summed E-state index contributed by atoms with van der Waals surface area (Å²) >= 11 is 0. The van der Waals surface area contributed by atoms with Gasteiger partial charge in [0.1, 0.15) is 18.3 Å². The predicted octanol–water partition coefficient (Wildman–Crippen LogP) is -2.83. The number of halogens is 1. The highest BCUT2D eigenvalue weighted by molar-refractivity contribution is 5.85. The van der Waals surface area contributed by atoms with Crippen LogP contribution in [0.1, 0.15) is 1.37 Å². The molecular weight excluding hydrogens is 202 g/mol. The maximum Gasteiger partial charge on any atom is 0.173 e. The first kappa shape index (κ1) is 11.1. The Hall–Kier alpha value is 0.0500. The molecule has 7 heteroatoms. The molecule has 0 aliphatic carbocycles. The third-order valence-corrected chi connectivity index (χ3v) is 1.84. The van der Waals surface area contributed by atoms with Gasteiger partial charge in [-0.3, -0.25) is 0 Å². The molecule has 0 amide bonds. The maximum absolute atomic E-state index is 9.24.